The monoisotopic (exact) mass is 260 g/mol. The zero-order chi connectivity index (χ0) is 13.0. The summed E-state index contributed by atoms with van der Waals surface area (Å²) < 4.78 is 26.4. The molecule has 0 saturated heterocycles. The molecule has 1 aromatic carbocycles. The number of nitrogen functional groups attached to an aromatic ring is 1. The molecule has 0 atom stereocenters. The highest BCUT2D eigenvalue weighted by atomic mass is 32.2. The van der Waals surface area contributed by atoms with Crippen LogP contribution in [0.3, 0.4) is 0 Å². The number of rotatable bonds is 4. The van der Waals surface area contributed by atoms with E-state index in [-0.39, 0.29) is 5.56 Å². The maximum atomic E-state index is 13.2. The van der Waals surface area contributed by atoms with E-state index in [4.69, 9.17) is 5.73 Å². The van der Waals surface area contributed by atoms with Crippen LogP contribution in [0.15, 0.2) is 12.1 Å². The van der Waals surface area contributed by atoms with Crippen molar-refractivity contribution in [3.8, 4) is 0 Å². The minimum Gasteiger partial charge on any atom is -0.394 e. The summed E-state index contributed by atoms with van der Waals surface area (Å²) in [6.07, 6.45) is 1.92. The Balaban J connectivity index is 2.89. The molecule has 2 N–H and O–H groups in total. The van der Waals surface area contributed by atoms with Crippen molar-refractivity contribution < 1.29 is 13.6 Å². The van der Waals surface area contributed by atoms with Crippen LogP contribution in [0.4, 0.5) is 14.5 Å². The Bertz CT molecular complexity index is 403. The van der Waals surface area contributed by atoms with Gasteiger partial charge in [-0.3, -0.25) is 4.79 Å². The molecule has 0 saturated carbocycles. The number of nitrogens with zero attached hydrogens (tertiary/aromatic N) is 1. The number of amides is 1. The van der Waals surface area contributed by atoms with E-state index < -0.39 is 23.2 Å². The van der Waals surface area contributed by atoms with Gasteiger partial charge in [0, 0.05) is 24.9 Å². The van der Waals surface area contributed by atoms with E-state index in [9.17, 15) is 13.6 Å². The summed E-state index contributed by atoms with van der Waals surface area (Å²) in [4.78, 5) is 13.2. The number of anilines is 1. The van der Waals surface area contributed by atoms with Crippen LogP contribution in [0.25, 0.3) is 0 Å². The summed E-state index contributed by atoms with van der Waals surface area (Å²) in [6.45, 7) is 0.521. The van der Waals surface area contributed by atoms with Gasteiger partial charge in [0.1, 0.15) is 17.3 Å². The van der Waals surface area contributed by atoms with Gasteiger partial charge in [-0.1, -0.05) is 0 Å². The lowest BCUT2D eigenvalue weighted by Crippen LogP contribution is -2.29. The van der Waals surface area contributed by atoms with Gasteiger partial charge >= 0.3 is 0 Å². The number of carbonyl (C=O) groups is 1. The molecule has 17 heavy (non-hydrogen) atoms. The first kappa shape index (κ1) is 13.8. The third-order valence-electron chi connectivity index (χ3n) is 2.30. The van der Waals surface area contributed by atoms with Gasteiger partial charge in [-0.25, -0.2) is 8.78 Å². The summed E-state index contributed by atoms with van der Waals surface area (Å²) in [7, 11) is 1.59. The number of thioether (sulfide) groups is 1. The van der Waals surface area contributed by atoms with Crippen molar-refractivity contribution in [2.45, 2.75) is 0 Å². The van der Waals surface area contributed by atoms with E-state index in [2.05, 4.69) is 0 Å². The molecule has 0 fully saturated rings. The Labute approximate surface area is 103 Å². The fourth-order valence-electron chi connectivity index (χ4n) is 1.26. The third kappa shape index (κ3) is 3.33. The predicted octanol–water partition coefficient (Wildman–Crippen LogP) is 1.98. The first-order valence-corrected chi connectivity index (χ1v) is 6.35. The van der Waals surface area contributed by atoms with Gasteiger partial charge in [-0.05, 0) is 18.4 Å². The Hall–Kier alpha value is -1.30. The first-order chi connectivity index (χ1) is 7.97. The number of benzene rings is 1. The van der Waals surface area contributed by atoms with Crippen LogP contribution >= 0.6 is 11.8 Å². The lowest BCUT2D eigenvalue weighted by Gasteiger charge is -2.16. The molecule has 0 unspecified atom stereocenters. The fourth-order valence-corrected chi connectivity index (χ4v) is 1.71. The van der Waals surface area contributed by atoms with Gasteiger partial charge in [0.15, 0.2) is 0 Å². The van der Waals surface area contributed by atoms with Crippen molar-refractivity contribution in [1.29, 1.82) is 0 Å². The summed E-state index contributed by atoms with van der Waals surface area (Å²) >= 11 is 1.59. The van der Waals surface area contributed by atoms with Crippen molar-refractivity contribution in [3.05, 3.63) is 29.3 Å². The smallest absolute Gasteiger partial charge is 0.253 e. The summed E-state index contributed by atoms with van der Waals surface area (Å²) in [5.41, 5.74) is 4.54. The minimum atomic E-state index is -0.911. The van der Waals surface area contributed by atoms with Gasteiger partial charge < -0.3 is 10.6 Å². The van der Waals surface area contributed by atoms with Crippen LogP contribution in [0, 0.1) is 11.6 Å². The largest absolute Gasteiger partial charge is 0.394 e. The molecule has 1 rings (SSSR count). The van der Waals surface area contributed by atoms with Crippen molar-refractivity contribution in [3.63, 3.8) is 0 Å². The highest BCUT2D eigenvalue weighted by Crippen LogP contribution is 2.18. The van der Waals surface area contributed by atoms with Gasteiger partial charge in [0.25, 0.3) is 5.91 Å². The van der Waals surface area contributed by atoms with Crippen molar-refractivity contribution >= 4 is 23.4 Å². The SMILES string of the molecule is CSCCN(C)C(=O)c1cc(F)c(N)c(F)c1. The second-order valence-corrected chi connectivity index (χ2v) is 4.56. The predicted molar refractivity (Wildman–Crippen MR) is 66.1 cm³/mol. The Kier molecular flexibility index (Phi) is 4.74. The van der Waals surface area contributed by atoms with Crippen molar-refractivity contribution in [1.82, 2.24) is 4.90 Å². The normalized spacial score (nSPS) is 10.4. The first-order valence-electron chi connectivity index (χ1n) is 4.96. The minimum absolute atomic E-state index is 0.0298. The summed E-state index contributed by atoms with van der Waals surface area (Å²) in [6, 6.07) is 1.91. The van der Waals surface area contributed by atoms with Gasteiger partial charge in [-0.2, -0.15) is 11.8 Å². The van der Waals surface area contributed by atoms with Crippen LogP contribution in [-0.4, -0.2) is 36.4 Å². The van der Waals surface area contributed by atoms with Gasteiger partial charge in [-0.15, -0.1) is 0 Å². The quantitative estimate of drug-likeness (QED) is 0.842. The Morgan fingerprint density at radius 1 is 1.41 bits per heavy atom. The summed E-state index contributed by atoms with van der Waals surface area (Å²) in [5, 5.41) is 0. The molecule has 6 heteroatoms. The van der Waals surface area contributed by atoms with Crippen LogP contribution < -0.4 is 5.73 Å². The van der Waals surface area contributed by atoms with E-state index in [1.807, 2.05) is 6.26 Å². The van der Waals surface area contributed by atoms with Crippen molar-refractivity contribution in [2.24, 2.45) is 0 Å². The molecule has 0 aliphatic carbocycles. The van der Waals surface area contributed by atoms with E-state index in [0.717, 1.165) is 17.9 Å². The van der Waals surface area contributed by atoms with Crippen LogP contribution in [0.1, 0.15) is 10.4 Å². The number of nitrogens with two attached hydrogens (primary N) is 1. The molecule has 94 valence electrons. The van der Waals surface area contributed by atoms with Gasteiger partial charge in [0.05, 0.1) is 0 Å². The molecule has 3 nitrogen and oxygen atoms in total. The molecule has 0 aliphatic heterocycles. The van der Waals surface area contributed by atoms with Crippen LogP contribution in [0.5, 0.6) is 0 Å². The molecular weight excluding hydrogens is 246 g/mol. The second-order valence-electron chi connectivity index (χ2n) is 3.57. The number of hydrogen-bond donors (Lipinski definition) is 1. The lowest BCUT2D eigenvalue weighted by molar-refractivity contribution is 0.0803. The third-order valence-corrected chi connectivity index (χ3v) is 2.89. The fraction of sp³-hybridized carbons (Fsp3) is 0.364. The average molecular weight is 260 g/mol. The molecule has 0 radical (unpaired) electrons. The van der Waals surface area contributed by atoms with Crippen LogP contribution in [0.2, 0.25) is 0 Å². The number of carbonyl (C=O) groups excluding carboxylic acids is 1. The molecule has 0 aliphatic rings. The summed E-state index contributed by atoms with van der Waals surface area (Å²) in [5.74, 6) is -1.47. The molecule has 0 bridgehead atoms. The zero-order valence-electron chi connectivity index (χ0n) is 9.67. The number of hydrogen-bond acceptors (Lipinski definition) is 3. The molecule has 1 aromatic rings. The molecule has 0 aromatic heterocycles. The molecular formula is C11H14F2N2OS. The topological polar surface area (TPSA) is 46.3 Å². The zero-order valence-corrected chi connectivity index (χ0v) is 10.5. The highest BCUT2D eigenvalue weighted by Gasteiger charge is 2.16. The number of halogens is 2. The Morgan fingerprint density at radius 3 is 2.41 bits per heavy atom. The maximum Gasteiger partial charge on any atom is 0.253 e. The van der Waals surface area contributed by atoms with Crippen LogP contribution in [-0.2, 0) is 0 Å². The van der Waals surface area contributed by atoms with E-state index in [1.54, 1.807) is 18.8 Å². The molecule has 1 amide bonds. The molecule has 0 heterocycles. The van der Waals surface area contributed by atoms with E-state index in [0.29, 0.717) is 6.54 Å². The van der Waals surface area contributed by atoms with E-state index >= 15 is 0 Å². The standard InChI is InChI=1S/C11H14F2N2OS/c1-15(3-4-17-2)11(16)7-5-8(12)10(14)9(13)6-7/h5-6H,3-4,14H2,1-2H3. The van der Waals surface area contributed by atoms with Crippen molar-refractivity contribution in [2.75, 3.05) is 31.3 Å². The second kappa shape index (κ2) is 5.86. The van der Waals surface area contributed by atoms with E-state index in [1.165, 1.54) is 4.90 Å². The maximum absolute atomic E-state index is 13.2. The Morgan fingerprint density at radius 2 is 1.94 bits per heavy atom. The lowest BCUT2D eigenvalue weighted by atomic mass is 10.1. The average Bonchev–Trinajstić information content (AvgIpc) is 2.31. The highest BCUT2D eigenvalue weighted by molar-refractivity contribution is 7.98. The molecule has 0 spiro atoms. The van der Waals surface area contributed by atoms with Gasteiger partial charge in [0.2, 0.25) is 0 Å².